The molecule has 4 rings (SSSR count). The van der Waals surface area contributed by atoms with Crippen LogP contribution in [0.1, 0.15) is 6.92 Å². The normalized spacial score (nSPS) is 11.6. The SMILES string of the molecule is CCOc1ccc(S(=O)(=O)NCCOc2ccc3nnc(-c4cccc(F)c4)n3n2)cc1. The van der Waals surface area contributed by atoms with Gasteiger partial charge in [0.2, 0.25) is 15.9 Å². The van der Waals surface area contributed by atoms with Crippen LogP contribution in [-0.4, -0.2) is 48.0 Å². The Balaban J connectivity index is 1.39. The molecule has 0 aliphatic rings. The van der Waals surface area contributed by atoms with Gasteiger partial charge in [-0.1, -0.05) is 12.1 Å². The van der Waals surface area contributed by atoms with Crippen LogP contribution in [0.5, 0.6) is 11.6 Å². The number of nitrogens with one attached hydrogen (secondary N) is 1. The quantitative estimate of drug-likeness (QED) is 0.385. The van der Waals surface area contributed by atoms with Crippen molar-refractivity contribution in [1.29, 1.82) is 0 Å². The Kier molecular flexibility index (Phi) is 6.28. The molecular weight excluding hydrogens is 437 g/mol. The monoisotopic (exact) mass is 457 g/mol. The lowest BCUT2D eigenvalue weighted by Crippen LogP contribution is -2.28. The molecule has 32 heavy (non-hydrogen) atoms. The standard InChI is InChI=1S/C21H20FN5O4S/c1-2-30-17-6-8-18(9-7-17)32(28,29)23-12-13-31-20-11-10-19-24-25-21(27(19)26-20)15-4-3-5-16(22)14-15/h3-11,14,23H,2,12-13H2,1H3. The molecule has 0 fully saturated rings. The van der Waals surface area contributed by atoms with Crippen LogP contribution in [0.3, 0.4) is 0 Å². The predicted octanol–water partition coefficient (Wildman–Crippen LogP) is 2.69. The summed E-state index contributed by atoms with van der Waals surface area (Å²) in [6.07, 6.45) is 0. The molecule has 166 valence electrons. The van der Waals surface area contributed by atoms with Crippen LogP contribution in [0.2, 0.25) is 0 Å². The molecule has 2 heterocycles. The molecule has 0 unspecified atom stereocenters. The Morgan fingerprint density at radius 1 is 1.03 bits per heavy atom. The van der Waals surface area contributed by atoms with Crippen LogP contribution < -0.4 is 14.2 Å². The first-order valence-electron chi connectivity index (χ1n) is 9.80. The maximum Gasteiger partial charge on any atom is 0.240 e. The summed E-state index contributed by atoms with van der Waals surface area (Å²) in [7, 11) is -3.69. The molecule has 0 bridgehead atoms. The van der Waals surface area contributed by atoms with Crippen molar-refractivity contribution in [3.8, 4) is 23.0 Å². The maximum atomic E-state index is 13.6. The molecule has 2 aromatic heterocycles. The van der Waals surface area contributed by atoms with E-state index in [2.05, 4.69) is 20.0 Å². The van der Waals surface area contributed by atoms with Crippen molar-refractivity contribution in [2.75, 3.05) is 19.8 Å². The smallest absolute Gasteiger partial charge is 0.240 e. The summed E-state index contributed by atoms with van der Waals surface area (Å²) in [4.78, 5) is 0.129. The van der Waals surface area contributed by atoms with Crippen LogP contribution in [0, 0.1) is 5.82 Å². The molecule has 1 N–H and O–H groups in total. The average molecular weight is 457 g/mol. The van der Waals surface area contributed by atoms with Gasteiger partial charge in [-0.15, -0.1) is 15.3 Å². The van der Waals surface area contributed by atoms with Gasteiger partial charge in [0.15, 0.2) is 11.5 Å². The Morgan fingerprint density at radius 2 is 1.84 bits per heavy atom. The first-order valence-corrected chi connectivity index (χ1v) is 11.3. The summed E-state index contributed by atoms with van der Waals surface area (Å²) in [6, 6.07) is 15.3. The van der Waals surface area contributed by atoms with Crippen molar-refractivity contribution in [3.63, 3.8) is 0 Å². The fourth-order valence-electron chi connectivity index (χ4n) is 2.95. The zero-order valence-electron chi connectivity index (χ0n) is 17.1. The summed E-state index contributed by atoms with van der Waals surface area (Å²) in [6.45, 7) is 2.44. The molecule has 0 spiro atoms. The number of hydrogen-bond donors (Lipinski definition) is 1. The van der Waals surface area contributed by atoms with Gasteiger partial charge < -0.3 is 9.47 Å². The second-order valence-corrected chi connectivity index (χ2v) is 8.39. The van der Waals surface area contributed by atoms with Gasteiger partial charge in [0.1, 0.15) is 18.2 Å². The zero-order valence-corrected chi connectivity index (χ0v) is 17.9. The molecule has 0 saturated heterocycles. The largest absolute Gasteiger partial charge is 0.494 e. The number of rotatable bonds is 9. The molecule has 0 atom stereocenters. The lowest BCUT2D eigenvalue weighted by atomic mass is 10.2. The number of fused-ring (bicyclic) bond motifs is 1. The van der Waals surface area contributed by atoms with E-state index in [1.807, 2.05) is 6.92 Å². The number of halogens is 1. The van der Waals surface area contributed by atoms with E-state index in [0.29, 0.717) is 29.4 Å². The maximum absolute atomic E-state index is 13.6. The number of benzene rings is 2. The van der Waals surface area contributed by atoms with E-state index in [9.17, 15) is 12.8 Å². The highest BCUT2D eigenvalue weighted by Crippen LogP contribution is 2.20. The second-order valence-electron chi connectivity index (χ2n) is 6.63. The van der Waals surface area contributed by atoms with Crippen molar-refractivity contribution >= 4 is 15.7 Å². The topological polar surface area (TPSA) is 108 Å². The van der Waals surface area contributed by atoms with Gasteiger partial charge in [-0.3, -0.25) is 0 Å². The average Bonchev–Trinajstić information content (AvgIpc) is 3.21. The molecule has 9 nitrogen and oxygen atoms in total. The number of ether oxygens (including phenoxy) is 2. The fraction of sp³-hybridized carbons (Fsp3) is 0.190. The van der Waals surface area contributed by atoms with E-state index < -0.39 is 15.8 Å². The molecule has 0 amide bonds. The van der Waals surface area contributed by atoms with E-state index >= 15 is 0 Å². The molecule has 0 aliphatic heterocycles. The molecule has 0 aliphatic carbocycles. The van der Waals surface area contributed by atoms with Gasteiger partial charge in [-0.25, -0.2) is 17.5 Å². The second kappa shape index (κ2) is 9.28. The number of nitrogens with zero attached hydrogens (tertiary/aromatic N) is 4. The van der Waals surface area contributed by atoms with Gasteiger partial charge in [0, 0.05) is 18.2 Å². The highest BCUT2D eigenvalue weighted by atomic mass is 32.2. The van der Waals surface area contributed by atoms with Crippen molar-refractivity contribution < 1.29 is 22.3 Å². The lowest BCUT2D eigenvalue weighted by Gasteiger charge is -2.09. The number of hydrogen-bond acceptors (Lipinski definition) is 7. The Hall–Kier alpha value is -3.57. The van der Waals surface area contributed by atoms with Gasteiger partial charge >= 0.3 is 0 Å². The lowest BCUT2D eigenvalue weighted by molar-refractivity contribution is 0.306. The molecule has 11 heteroatoms. The van der Waals surface area contributed by atoms with Gasteiger partial charge in [-0.05, 0) is 49.4 Å². The highest BCUT2D eigenvalue weighted by molar-refractivity contribution is 7.89. The zero-order chi connectivity index (χ0) is 22.6. The Morgan fingerprint density at radius 3 is 2.59 bits per heavy atom. The predicted molar refractivity (Wildman–Crippen MR) is 114 cm³/mol. The highest BCUT2D eigenvalue weighted by Gasteiger charge is 2.14. The van der Waals surface area contributed by atoms with E-state index in [1.165, 1.54) is 28.8 Å². The summed E-state index contributed by atoms with van der Waals surface area (Å²) in [5.74, 6) is 0.811. The van der Waals surface area contributed by atoms with Crippen LogP contribution in [0.15, 0.2) is 65.6 Å². The van der Waals surface area contributed by atoms with Crippen LogP contribution in [0.25, 0.3) is 17.0 Å². The van der Waals surface area contributed by atoms with E-state index in [0.717, 1.165) is 0 Å². The molecule has 0 saturated carbocycles. The molecular formula is C21H20FN5O4S. The van der Waals surface area contributed by atoms with Gasteiger partial charge in [-0.2, -0.15) is 4.52 Å². The fourth-order valence-corrected chi connectivity index (χ4v) is 3.97. The molecule has 2 aromatic carbocycles. The van der Waals surface area contributed by atoms with Crippen molar-refractivity contribution in [2.24, 2.45) is 0 Å². The number of aromatic nitrogens is 4. The van der Waals surface area contributed by atoms with Crippen molar-refractivity contribution in [1.82, 2.24) is 24.5 Å². The van der Waals surface area contributed by atoms with Gasteiger partial charge in [0.05, 0.1) is 11.5 Å². The van der Waals surface area contributed by atoms with Crippen LogP contribution in [-0.2, 0) is 10.0 Å². The van der Waals surface area contributed by atoms with Gasteiger partial charge in [0.25, 0.3) is 0 Å². The van der Waals surface area contributed by atoms with Crippen molar-refractivity contribution in [2.45, 2.75) is 11.8 Å². The van der Waals surface area contributed by atoms with Crippen LogP contribution >= 0.6 is 0 Å². The first kappa shape index (κ1) is 21.7. The molecule has 0 radical (unpaired) electrons. The van der Waals surface area contributed by atoms with E-state index in [4.69, 9.17) is 9.47 Å². The van der Waals surface area contributed by atoms with E-state index in [-0.39, 0.29) is 23.9 Å². The number of sulfonamides is 1. The minimum atomic E-state index is -3.69. The third-order valence-corrected chi connectivity index (χ3v) is 5.89. The summed E-state index contributed by atoms with van der Waals surface area (Å²) < 4.78 is 53.2. The summed E-state index contributed by atoms with van der Waals surface area (Å²) >= 11 is 0. The third kappa shape index (κ3) is 4.84. The Bertz CT molecular complexity index is 1330. The van der Waals surface area contributed by atoms with Crippen LogP contribution in [0.4, 0.5) is 4.39 Å². The first-order chi connectivity index (χ1) is 15.5. The third-order valence-electron chi connectivity index (χ3n) is 4.41. The van der Waals surface area contributed by atoms with Crippen molar-refractivity contribution in [3.05, 3.63) is 66.5 Å². The minimum absolute atomic E-state index is 0.0359. The van der Waals surface area contributed by atoms with E-state index in [1.54, 1.807) is 36.4 Å². The molecule has 4 aromatic rings. The summed E-state index contributed by atoms with van der Waals surface area (Å²) in [5, 5.41) is 12.4. The minimum Gasteiger partial charge on any atom is -0.494 e. The Labute approximate surface area is 183 Å². The summed E-state index contributed by atoms with van der Waals surface area (Å²) in [5.41, 5.74) is 0.984.